The van der Waals surface area contributed by atoms with Crippen molar-refractivity contribution < 1.29 is 24.9 Å². The highest BCUT2D eigenvalue weighted by Crippen LogP contribution is 2.32. The molecule has 2 unspecified atom stereocenters. The van der Waals surface area contributed by atoms with Crippen molar-refractivity contribution in [1.29, 1.82) is 0 Å². The number of ether oxygens (including phenoxy) is 1. The Morgan fingerprint density at radius 3 is 2.24 bits per heavy atom. The minimum Gasteiger partial charge on any atom is -0.481 e. The standard InChI is InChI=1S/C6H12O5.C6H4/c1-11-6(10)3-4(7)2-5(8)9;1-2-5-4-6(5)3-1/h4,6-7,10H,2-3H2,1H3,(H,8,9);1-4H. The van der Waals surface area contributed by atoms with Crippen molar-refractivity contribution in [1.82, 2.24) is 0 Å². The summed E-state index contributed by atoms with van der Waals surface area (Å²) >= 11 is 0. The molecule has 5 nitrogen and oxygen atoms in total. The maximum atomic E-state index is 10.00. The lowest BCUT2D eigenvalue weighted by Gasteiger charge is -2.11. The Bertz CT molecular complexity index is 360. The van der Waals surface area contributed by atoms with Gasteiger partial charge in [-0.2, -0.15) is 0 Å². The SMILES string of the molecule is COC(O)CC(O)CC(=O)O.c1cc2cc-2c1. The van der Waals surface area contributed by atoms with Crippen LogP contribution in [0.3, 0.4) is 0 Å². The summed E-state index contributed by atoms with van der Waals surface area (Å²) in [6.07, 6.45) is -2.60. The average molecular weight is 240 g/mol. The van der Waals surface area contributed by atoms with E-state index in [1.165, 1.54) is 18.2 Å². The molecule has 0 amide bonds. The van der Waals surface area contributed by atoms with E-state index < -0.39 is 18.4 Å². The molecular weight excluding hydrogens is 224 g/mol. The second-order valence-corrected chi connectivity index (χ2v) is 3.76. The Morgan fingerprint density at radius 1 is 1.35 bits per heavy atom. The predicted molar refractivity (Wildman–Crippen MR) is 61.3 cm³/mol. The number of benzene rings is 1. The fourth-order valence-corrected chi connectivity index (χ4v) is 1.29. The molecule has 0 aromatic carbocycles. The molecule has 0 aromatic heterocycles. The molecular formula is C12H16O5. The zero-order chi connectivity index (χ0) is 12.8. The molecule has 2 atom stereocenters. The van der Waals surface area contributed by atoms with Gasteiger partial charge in [-0.05, 0) is 17.2 Å². The van der Waals surface area contributed by atoms with E-state index in [9.17, 15) is 4.79 Å². The van der Waals surface area contributed by atoms with Gasteiger partial charge < -0.3 is 20.1 Å². The molecule has 17 heavy (non-hydrogen) atoms. The highest BCUT2D eigenvalue weighted by Gasteiger charge is 2.13. The third-order valence-electron chi connectivity index (χ3n) is 2.27. The molecule has 2 rings (SSSR count). The van der Waals surface area contributed by atoms with E-state index >= 15 is 0 Å². The van der Waals surface area contributed by atoms with Crippen LogP contribution in [0.5, 0.6) is 0 Å². The minimum absolute atomic E-state index is 0.0806. The van der Waals surface area contributed by atoms with Crippen molar-refractivity contribution in [2.45, 2.75) is 25.2 Å². The molecule has 0 aliphatic heterocycles. The lowest BCUT2D eigenvalue weighted by atomic mass is 10.2. The van der Waals surface area contributed by atoms with E-state index in [0.717, 1.165) is 0 Å². The van der Waals surface area contributed by atoms with Crippen molar-refractivity contribution in [2.75, 3.05) is 7.11 Å². The highest BCUT2D eigenvalue weighted by atomic mass is 16.6. The summed E-state index contributed by atoms with van der Waals surface area (Å²) in [7, 11) is 1.28. The number of rotatable bonds is 5. The predicted octanol–water partition coefficient (Wildman–Crippen LogP) is 0.844. The maximum Gasteiger partial charge on any atom is 0.305 e. The van der Waals surface area contributed by atoms with Crippen LogP contribution >= 0.6 is 0 Å². The van der Waals surface area contributed by atoms with Crippen LogP contribution in [0.25, 0.3) is 11.1 Å². The molecule has 94 valence electrons. The topological polar surface area (TPSA) is 87.0 Å². The molecule has 0 aromatic rings. The first-order valence-electron chi connectivity index (χ1n) is 5.24. The lowest BCUT2D eigenvalue weighted by Crippen LogP contribution is -2.21. The molecule has 2 aliphatic carbocycles. The number of fused-ring (bicyclic) bond motifs is 1. The molecule has 3 N–H and O–H groups in total. The summed E-state index contributed by atoms with van der Waals surface area (Å²) in [6, 6.07) is 8.48. The first kappa shape index (κ1) is 13.6. The second-order valence-electron chi connectivity index (χ2n) is 3.76. The normalized spacial score (nSPS) is 14.3. The van der Waals surface area contributed by atoms with Crippen LogP contribution in [0.4, 0.5) is 0 Å². The lowest BCUT2D eigenvalue weighted by molar-refractivity contribution is -0.141. The Kier molecular flexibility index (Phi) is 5.09. The summed E-state index contributed by atoms with van der Waals surface area (Å²) in [4.78, 5) is 10.00. The number of aliphatic carboxylic acids is 1. The van der Waals surface area contributed by atoms with Crippen molar-refractivity contribution in [3.63, 3.8) is 0 Å². The second kappa shape index (κ2) is 6.34. The smallest absolute Gasteiger partial charge is 0.305 e. The Morgan fingerprint density at radius 2 is 1.94 bits per heavy atom. The van der Waals surface area contributed by atoms with Crippen LogP contribution in [0.2, 0.25) is 0 Å². The summed E-state index contributed by atoms with van der Waals surface area (Å²) < 4.78 is 4.41. The quantitative estimate of drug-likeness (QED) is 0.674. The van der Waals surface area contributed by atoms with Crippen molar-refractivity contribution in [3.8, 4) is 11.1 Å². The largest absolute Gasteiger partial charge is 0.481 e. The van der Waals surface area contributed by atoms with E-state index in [1.54, 1.807) is 0 Å². The fourth-order valence-electron chi connectivity index (χ4n) is 1.29. The van der Waals surface area contributed by atoms with Crippen LogP contribution in [0, 0.1) is 0 Å². The maximum absolute atomic E-state index is 10.00. The third kappa shape index (κ3) is 5.44. The third-order valence-corrected chi connectivity index (χ3v) is 2.27. The number of hydrogen-bond donors (Lipinski definition) is 3. The monoisotopic (exact) mass is 240 g/mol. The molecule has 0 radical (unpaired) electrons. The van der Waals surface area contributed by atoms with Crippen LogP contribution < -0.4 is 0 Å². The fraction of sp³-hybridized carbons (Fsp3) is 0.417. The number of hydrogen-bond acceptors (Lipinski definition) is 4. The van der Waals surface area contributed by atoms with Gasteiger partial charge in [-0.15, -0.1) is 0 Å². The molecule has 5 heteroatoms. The summed E-state index contributed by atoms with van der Waals surface area (Å²) in [5, 5.41) is 25.9. The van der Waals surface area contributed by atoms with Crippen molar-refractivity contribution in [2.24, 2.45) is 0 Å². The molecule has 0 heterocycles. The van der Waals surface area contributed by atoms with Crippen LogP contribution in [-0.4, -0.2) is 40.8 Å². The average Bonchev–Trinajstić information content (AvgIpc) is 2.85. The van der Waals surface area contributed by atoms with E-state index in [4.69, 9.17) is 15.3 Å². The van der Waals surface area contributed by atoms with Gasteiger partial charge in [0.15, 0.2) is 6.29 Å². The highest BCUT2D eigenvalue weighted by molar-refractivity contribution is 5.80. The van der Waals surface area contributed by atoms with E-state index in [-0.39, 0.29) is 12.8 Å². The summed E-state index contributed by atoms with van der Waals surface area (Å²) in [5.74, 6) is -1.10. The molecule has 2 aliphatic rings. The van der Waals surface area contributed by atoms with Gasteiger partial charge in [0, 0.05) is 13.5 Å². The Hall–Kier alpha value is -1.43. The van der Waals surface area contributed by atoms with E-state index in [1.807, 2.05) is 0 Å². The zero-order valence-corrected chi connectivity index (χ0v) is 9.54. The number of aliphatic hydroxyl groups excluding tert-OH is 2. The summed E-state index contributed by atoms with van der Waals surface area (Å²) in [5.41, 5.74) is 2.85. The first-order valence-corrected chi connectivity index (χ1v) is 5.24. The van der Waals surface area contributed by atoms with Gasteiger partial charge in [0.25, 0.3) is 0 Å². The Labute approximate surface area is 99.3 Å². The molecule has 0 saturated heterocycles. The van der Waals surface area contributed by atoms with Crippen LogP contribution in [-0.2, 0) is 9.53 Å². The number of carbonyl (C=O) groups is 1. The van der Waals surface area contributed by atoms with Gasteiger partial charge in [-0.3, -0.25) is 4.79 Å². The molecule has 0 saturated carbocycles. The van der Waals surface area contributed by atoms with Crippen LogP contribution in [0.1, 0.15) is 12.8 Å². The van der Waals surface area contributed by atoms with Crippen LogP contribution in [0.15, 0.2) is 24.3 Å². The Balaban J connectivity index is 0.000000196. The van der Waals surface area contributed by atoms with Gasteiger partial charge in [-0.25, -0.2) is 0 Å². The van der Waals surface area contributed by atoms with Crippen molar-refractivity contribution >= 4 is 5.97 Å². The van der Waals surface area contributed by atoms with Gasteiger partial charge in [0.2, 0.25) is 0 Å². The molecule has 0 spiro atoms. The minimum atomic E-state index is -1.10. The van der Waals surface area contributed by atoms with E-state index in [0.29, 0.717) is 0 Å². The van der Waals surface area contributed by atoms with E-state index in [2.05, 4.69) is 29.0 Å². The van der Waals surface area contributed by atoms with Gasteiger partial charge in [0.05, 0.1) is 12.5 Å². The van der Waals surface area contributed by atoms with Gasteiger partial charge in [-0.1, -0.05) is 18.2 Å². The number of carboxylic acid groups (broad SMARTS) is 1. The molecule has 0 fully saturated rings. The first-order chi connectivity index (χ1) is 8.02. The van der Waals surface area contributed by atoms with Gasteiger partial charge >= 0.3 is 5.97 Å². The zero-order valence-electron chi connectivity index (χ0n) is 9.54. The number of aliphatic hydroxyl groups is 2. The number of carboxylic acids is 1. The van der Waals surface area contributed by atoms with Gasteiger partial charge in [0.1, 0.15) is 0 Å². The summed E-state index contributed by atoms with van der Waals surface area (Å²) in [6.45, 7) is 0. The number of methoxy groups -OCH3 is 1. The molecule has 0 bridgehead atoms. The van der Waals surface area contributed by atoms with Crippen molar-refractivity contribution in [3.05, 3.63) is 24.3 Å².